The van der Waals surface area contributed by atoms with Gasteiger partial charge in [0.05, 0.1) is 18.2 Å². The predicted octanol–water partition coefficient (Wildman–Crippen LogP) is 3.63. The molecule has 0 atom stereocenters. The van der Waals surface area contributed by atoms with Crippen molar-refractivity contribution < 1.29 is 4.74 Å². The zero-order chi connectivity index (χ0) is 20.7. The van der Waals surface area contributed by atoms with Crippen LogP contribution in [-0.2, 0) is 14.1 Å². The van der Waals surface area contributed by atoms with Gasteiger partial charge in [0.15, 0.2) is 5.65 Å². The third kappa shape index (κ3) is 3.21. The van der Waals surface area contributed by atoms with Crippen molar-refractivity contribution in [2.24, 2.45) is 14.1 Å². The maximum Gasteiger partial charge on any atom is 0.332 e. The van der Waals surface area contributed by atoms with E-state index in [1.807, 2.05) is 42.5 Å². The van der Waals surface area contributed by atoms with E-state index >= 15 is 0 Å². The van der Waals surface area contributed by atoms with Crippen LogP contribution >= 0.6 is 11.6 Å². The molecule has 4 rings (SSSR count). The predicted molar refractivity (Wildman–Crippen MR) is 115 cm³/mol. The number of methoxy groups -OCH3 is 1. The van der Waals surface area contributed by atoms with E-state index in [9.17, 15) is 9.59 Å². The number of pyridine rings is 1. The fourth-order valence-corrected chi connectivity index (χ4v) is 3.45. The van der Waals surface area contributed by atoms with Crippen molar-refractivity contribution >= 4 is 22.6 Å². The number of fused-ring (bicyclic) bond motifs is 1. The molecule has 7 heteroatoms. The Balaban J connectivity index is 2.11. The van der Waals surface area contributed by atoms with Gasteiger partial charge in [-0.1, -0.05) is 23.7 Å². The Morgan fingerprint density at radius 1 is 0.897 bits per heavy atom. The van der Waals surface area contributed by atoms with Crippen LogP contribution in [0.2, 0.25) is 5.02 Å². The molecule has 2 aromatic carbocycles. The van der Waals surface area contributed by atoms with Crippen molar-refractivity contribution in [2.75, 3.05) is 7.11 Å². The highest BCUT2D eigenvalue weighted by Gasteiger charge is 2.17. The second-order valence-electron chi connectivity index (χ2n) is 6.69. The summed E-state index contributed by atoms with van der Waals surface area (Å²) >= 11 is 6.04. The van der Waals surface area contributed by atoms with Gasteiger partial charge in [0, 0.05) is 30.2 Å². The van der Waals surface area contributed by atoms with Crippen molar-refractivity contribution in [3.63, 3.8) is 0 Å². The Morgan fingerprint density at radius 3 is 2.14 bits per heavy atom. The zero-order valence-corrected chi connectivity index (χ0v) is 16.9. The van der Waals surface area contributed by atoms with Gasteiger partial charge in [-0.2, -0.15) is 0 Å². The third-order valence-corrected chi connectivity index (χ3v) is 5.20. The molecule has 0 N–H and O–H groups in total. The summed E-state index contributed by atoms with van der Waals surface area (Å²) in [6.07, 6.45) is 0. The van der Waals surface area contributed by atoms with Gasteiger partial charge >= 0.3 is 5.69 Å². The number of aryl methyl sites for hydroxylation is 1. The molecular formula is C22H18ClN3O3. The van der Waals surface area contributed by atoms with E-state index in [0.717, 1.165) is 21.4 Å². The molecule has 146 valence electrons. The summed E-state index contributed by atoms with van der Waals surface area (Å²) < 4.78 is 7.71. The van der Waals surface area contributed by atoms with Gasteiger partial charge in [0.1, 0.15) is 5.75 Å². The Kier molecular flexibility index (Phi) is 4.72. The van der Waals surface area contributed by atoms with E-state index < -0.39 is 5.69 Å². The lowest BCUT2D eigenvalue weighted by Gasteiger charge is -2.13. The average Bonchev–Trinajstić information content (AvgIpc) is 2.76. The van der Waals surface area contributed by atoms with Crippen molar-refractivity contribution in [3.8, 4) is 28.1 Å². The second-order valence-corrected chi connectivity index (χ2v) is 7.13. The largest absolute Gasteiger partial charge is 0.497 e. The molecule has 0 saturated carbocycles. The summed E-state index contributed by atoms with van der Waals surface area (Å²) in [4.78, 5) is 30.1. The maximum absolute atomic E-state index is 13.0. The van der Waals surface area contributed by atoms with Gasteiger partial charge in [-0.05, 0) is 48.0 Å². The topological polar surface area (TPSA) is 66.1 Å². The molecule has 6 nitrogen and oxygen atoms in total. The first-order valence-electron chi connectivity index (χ1n) is 8.92. The molecule has 0 aliphatic heterocycles. The molecule has 0 aliphatic carbocycles. The normalized spacial score (nSPS) is 11.0. The molecule has 0 amide bonds. The number of benzene rings is 2. The van der Waals surface area contributed by atoms with Crippen molar-refractivity contribution in [3.05, 3.63) is 80.5 Å². The zero-order valence-electron chi connectivity index (χ0n) is 16.1. The van der Waals surface area contributed by atoms with Crippen molar-refractivity contribution in [2.45, 2.75) is 0 Å². The van der Waals surface area contributed by atoms with Gasteiger partial charge in [-0.15, -0.1) is 0 Å². The Bertz CT molecular complexity index is 1340. The van der Waals surface area contributed by atoms with Crippen LogP contribution in [0.4, 0.5) is 0 Å². The van der Waals surface area contributed by atoms with Crippen LogP contribution in [0.15, 0.2) is 64.2 Å². The number of ether oxygens (including phenoxy) is 1. The maximum atomic E-state index is 13.0. The molecule has 29 heavy (non-hydrogen) atoms. The molecule has 4 aromatic rings. The highest BCUT2D eigenvalue weighted by atomic mass is 35.5. The summed E-state index contributed by atoms with van der Waals surface area (Å²) in [6, 6.07) is 16.5. The monoisotopic (exact) mass is 407 g/mol. The number of hydrogen-bond donors (Lipinski definition) is 0. The first kappa shape index (κ1) is 19.0. The summed E-state index contributed by atoms with van der Waals surface area (Å²) in [5.74, 6) is 0.730. The van der Waals surface area contributed by atoms with Gasteiger partial charge in [-0.25, -0.2) is 9.78 Å². The van der Waals surface area contributed by atoms with Crippen LogP contribution in [-0.4, -0.2) is 21.2 Å². The first-order valence-corrected chi connectivity index (χ1v) is 9.29. The highest BCUT2D eigenvalue weighted by molar-refractivity contribution is 6.30. The molecule has 0 radical (unpaired) electrons. The smallest absolute Gasteiger partial charge is 0.332 e. The lowest BCUT2D eigenvalue weighted by Crippen LogP contribution is -2.37. The molecule has 0 unspecified atom stereocenters. The van der Waals surface area contributed by atoms with Gasteiger partial charge in [0.25, 0.3) is 5.56 Å². The van der Waals surface area contributed by atoms with Crippen molar-refractivity contribution in [1.29, 1.82) is 0 Å². The molecule has 0 aliphatic rings. The average molecular weight is 408 g/mol. The summed E-state index contributed by atoms with van der Waals surface area (Å²) in [5, 5.41) is 0.983. The number of rotatable bonds is 3. The third-order valence-electron chi connectivity index (χ3n) is 4.95. The van der Waals surface area contributed by atoms with E-state index in [4.69, 9.17) is 16.3 Å². The molecule has 0 fully saturated rings. The number of aromatic nitrogens is 3. The molecule has 2 aromatic heterocycles. The Morgan fingerprint density at radius 2 is 1.52 bits per heavy atom. The number of nitrogens with zero attached hydrogens (tertiary/aromatic N) is 3. The number of hydrogen-bond acceptors (Lipinski definition) is 4. The second kappa shape index (κ2) is 7.22. The SMILES string of the molecule is COc1ccc(-c2cc(-c3ccc(Cl)cc3)c3c(=O)n(C)c(=O)n(C)c3n2)cc1. The molecule has 0 bridgehead atoms. The minimum Gasteiger partial charge on any atom is -0.497 e. The summed E-state index contributed by atoms with van der Waals surface area (Å²) in [5.41, 5.74) is 2.51. The van der Waals surface area contributed by atoms with Crippen molar-refractivity contribution in [1.82, 2.24) is 14.1 Å². The lowest BCUT2D eigenvalue weighted by molar-refractivity contribution is 0.415. The standard InChI is InChI=1S/C22H18ClN3O3/c1-25-20-19(21(27)26(2)22(25)28)17(13-4-8-15(23)9-5-13)12-18(24-20)14-6-10-16(29-3)11-7-14/h4-12H,1-3H3. The molecule has 0 saturated heterocycles. The quantitative estimate of drug-likeness (QED) is 0.520. The molecule has 0 spiro atoms. The lowest BCUT2D eigenvalue weighted by atomic mass is 10.00. The number of halogens is 1. The van der Waals surface area contributed by atoms with Crippen LogP contribution in [0.1, 0.15) is 0 Å². The van der Waals surface area contributed by atoms with E-state index in [2.05, 4.69) is 4.98 Å². The van der Waals surface area contributed by atoms with E-state index in [1.54, 1.807) is 26.3 Å². The minimum atomic E-state index is -0.427. The summed E-state index contributed by atoms with van der Waals surface area (Å²) in [6.45, 7) is 0. The molecule has 2 heterocycles. The van der Waals surface area contributed by atoms with Crippen LogP contribution in [0, 0.1) is 0 Å². The van der Waals surface area contributed by atoms with Gasteiger partial charge < -0.3 is 4.74 Å². The Hall–Kier alpha value is -3.38. The van der Waals surface area contributed by atoms with Gasteiger partial charge in [0.2, 0.25) is 0 Å². The highest BCUT2D eigenvalue weighted by Crippen LogP contribution is 2.31. The van der Waals surface area contributed by atoms with E-state index in [1.165, 1.54) is 11.6 Å². The fraction of sp³-hybridized carbons (Fsp3) is 0.136. The first-order chi connectivity index (χ1) is 13.9. The summed E-state index contributed by atoms with van der Waals surface area (Å²) in [7, 11) is 4.68. The molecular weight excluding hydrogens is 390 g/mol. The fourth-order valence-electron chi connectivity index (χ4n) is 3.32. The van der Waals surface area contributed by atoms with Crippen LogP contribution in [0.5, 0.6) is 5.75 Å². The van der Waals surface area contributed by atoms with E-state index in [0.29, 0.717) is 27.3 Å². The van der Waals surface area contributed by atoms with Crippen LogP contribution in [0.3, 0.4) is 0 Å². The Labute approximate surface area is 171 Å². The van der Waals surface area contributed by atoms with Gasteiger partial charge in [-0.3, -0.25) is 13.9 Å². The van der Waals surface area contributed by atoms with Crippen LogP contribution < -0.4 is 16.0 Å². The minimum absolute atomic E-state index is 0.330. The van der Waals surface area contributed by atoms with Crippen LogP contribution in [0.25, 0.3) is 33.4 Å². The van der Waals surface area contributed by atoms with E-state index in [-0.39, 0.29) is 5.56 Å².